The van der Waals surface area contributed by atoms with Crippen molar-refractivity contribution in [3.8, 4) is 17.2 Å². The molecule has 0 aromatic heterocycles. The molecule has 0 bridgehead atoms. The van der Waals surface area contributed by atoms with Crippen LogP contribution in [0.25, 0.3) is 6.08 Å². The van der Waals surface area contributed by atoms with Gasteiger partial charge in [0, 0.05) is 11.6 Å². The molecule has 1 aromatic rings. The summed E-state index contributed by atoms with van der Waals surface area (Å²) in [5.74, 6) is 0.189. The molecular weight excluding hydrogens is 472 g/mol. The number of allylic oxidation sites excluding steroid dienone is 1. The van der Waals surface area contributed by atoms with Crippen LogP contribution in [0, 0.1) is 0 Å². The van der Waals surface area contributed by atoms with Gasteiger partial charge in [-0.1, -0.05) is 12.2 Å². The second kappa shape index (κ2) is 11.8. The maximum absolute atomic E-state index is 10.3. The van der Waals surface area contributed by atoms with Gasteiger partial charge in [-0.3, -0.25) is 0 Å². The highest BCUT2D eigenvalue weighted by molar-refractivity contribution is 5.63. The molecular formula is C22H32O13. The van der Waals surface area contributed by atoms with Gasteiger partial charge in [-0.2, -0.15) is 0 Å². The molecule has 2 aliphatic rings. The fourth-order valence-electron chi connectivity index (χ4n) is 3.80. The zero-order valence-electron chi connectivity index (χ0n) is 19.1. The first-order valence-electron chi connectivity index (χ1n) is 11.0. The van der Waals surface area contributed by atoms with E-state index in [1.165, 1.54) is 19.2 Å². The Bertz CT molecular complexity index is 860. The summed E-state index contributed by atoms with van der Waals surface area (Å²) in [5.41, 5.74) is 0.433. The molecule has 198 valence electrons. The van der Waals surface area contributed by atoms with Crippen molar-refractivity contribution in [2.24, 2.45) is 0 Å². The van der Waals surface area contributed by atoms with Gasteiger partial charge in [0.05, 0.1) is 20.3 Å². The second-order valence-electron chi connectivity index (χ2n) is 8.17. The normalized spacial score (nSPS) is 37.9. The van der Waals surface area contributed by atoms with Crippen molar-refractivity contribution in [3.05, 3.63) is 23.8 Å². The predicted molar refractivity (Wildman–Crippen MR) is 116 cm³/mol. The van der Waals surface area contributed by atoms with E-state index in [0.717, 1.165) is 0 Å². The molecule has 0 amide bonds. The summed E-state index contributed by atoms with van der Waals surface area (Å²) < 4.78 is 27.6. The Hall–Kier alpha value is -2.04. The molecule has 0 unspecified atom stereocenters. The lowest BCUT2D eigenvalue weighted by atomic mass is 9.99. The Morgan fingerprint density at radius 3 is 1.63 bits per heavy atom. The molecule has 0 aliphatic carbocycles. The van der Waals surface area contributed by atoms with Crippen LogP contribution in [0.3, 0.4) is 0 Å². The lowest BCUT2D eigenvalue weighted by Gasteiger charge is -2.40. The first kappa shape index (κ1) is 27.5. The fourth-order valence-corrected chi connectivity index (χ4v) is 3.80. The van der Waals surface area contributed by atoms with Crippen LogP contribution in [0.2, 0.25) is 0 Å². The molecule has 2 heterocycles. The number of rotatable bonds is 8. The highest BCUT2D eigenvalue weighted by atomic mass is 16.7. The van der Waals surface area contributed by atoms with Gasteiger partial charge >= 0.3 is 0 Å². The molecule has 2 aliphatic heterocycles. The minimum atomic E-state index is -1.68. The second-order valence-corrected chi connectivity index (χ2v) is 8.17. The lowest BCUT2D eigenvalue weighted by Crippen LogP contribution is -2.60. The van der Waals surface area contributed by atoms with E-state index < -0.39 is 74.6 Å². The van der Waals surface area contributed by atoms with Crippen molar-refractivity contribution >= 4 is 6.08 Å². The zero-order valence-corrected chi connectivity index (χ0v) is 19.1. The Morgan fingerprint density at radius 1 is 0.714 bits per heavy atom. The van der Waals surface area contributed by atoms with E-state index in [-0.39, 0.29) is 17.2 Å². The molecule has 0 saturated carbocycles. The van der Waals surface area contributed by atoms with Crippen LogP contribution < -0.4 is 14.2 Å². The molecule has 8 N–H and O–H groups in total. The summed E-state index contributed by atoms with van der Waals surface area (Å²) in [4.78, 5) is 0. The van der Waals surface area contributed by atoms with Gasteiger partial charge < -0.3 is 64.5 Å². The third-order valence-corrected chi connectivity index (χ3v) is 5.83. The SMILES string of the molecule is C/C=C/c1cc(OC)c(O[C@@H]2O[C@H](CO)[C@@H](O)[C@H](O)[C@H]2O)cc1O[C@@H]1O[C@H](CO)[C@@H](O)[C@H](O)[C@H]1O. The first-order valence-corrected chi connectivity index (χ1v) is 11.0. The summed E-state index contributed by atoms with van der Waals surface area (Å²) in [6.07, 6.45) is -11.8. The van der Waals surface area contributed by atoms with Gasteiger partial charge in [0.15, 0.2) is 11.5 Å². The lowest BCUT2D eigenvalue weighted by molar-refractivity contribution is -0.278. The number of hydrogen-bond acceptors (Lipinski definition) is 13. The van der Waals surface area contributed by atoms with Crippen molar-refractivity contribution < 1.29 is 64.5 Å². The molecule has 10 atom stereocenters. The maximum Gasteiger partial charge on any atom is 0.229 e. The average Bonchev–Trinajstić information content (AvgIpc) is 2.85. The van der Waals surface area contributed by atoms with E-state index in [1.807, 2.05) is 0 Å². The Labute approximate surface area is 200 Å². The molecule has 13 heteroatoms. The fraction of sp³-hybridized carbons (Fsp3) is 0.636. The van der Waals surface area contributed by atoms with Gasteiger partial charge in [-0.25, -0.2) is 0 Å². The summed E-state index contributed by atoms with van der Waals surface area (Å²) in [6, 6.07) is 2.82. The van der Waals surface area contributed by atoms with Gasteiger partial charge in [-0.15, -0.1) is 0 Å². The molecule has 2 saturated heterocycles. The zero-order chi connectivity index (χ0) is 25.9. The smallest absolute Gasteiger partial charge is 0.229 e. The summed E-state index contributed by atoms with van der Waals surface area (Å²) in [6.45, 7) is 0.455. The van der Waals surface area contributed by atoms with Crippen molar-refractivity contribution in [2.75, 3.05) is 20.3 Å². The number of benzene rings is 1. The highest BCUT2D eigenvalue weighted by Crippen LogP contribution is 2.39. The average molecular weight is 504 g/mol. The van der Waals surface area contributed by atoms with Crippen LogP contribution >= 0.6 is 0 Å². The van der Waals surface area contributed by atoms with Crippen molar-refractivity contribution in [2.45, 2.75) is 68.3 Å². The highest BCUT2D eigenvalue weighted by Gasteiger charge is 2.46. The minimum absolute atomic E-state index is 0.0373. The van der Waals surface area contributed by atoms with Gasteiger partial charge in [0.2, 0.25) is 12.6 Å². The quantitative estimate of drug-likeness (QED) is 0.179. The van der Waals surface area contributed by atoms with Crippen LogP contribution in [-0.4, -0.2) is 123 Å². The van der Waals surface area contributed by atoms with Crippen molar-refractivity contribution in [3.63, 3.8) is 0 Å². The van der Waals surface area contributed by atoms with Crippen molar-refractivity contribution in [1.82, 2.24) is 0 Å². The van der Waals surface area contributed by atoms with Gasteiger partial charge in [-0.05, 0) is 13.0 Å². The molecule has 1 aromatic carbocycles. The number of methoxy groups -OCH3 is 1. The Kier molecular flexibility index (Phi) is 9.28. The van der Waals surface area contributed by atoms with E-state index in [4.69, 9.17) is 23.7 Å². The maximum atomic E-state index is 10.3. The largest absolute Gasteiger partial charge is 0.493 e. The molecule has 0 radical (unpaired) electrons. The molecule has 35 heavy (non-hydrogen) atoms. The third-order valence-electron chi connectivity index (χ3n) is 5.83. The third kappa shape index (κ3) is 5.70. The Balaban J connectivity index is 1.93. The van der Waals surface area contributed by atoms with Crippen LogP contribution in [0.15, 0.2) is 18.2 Å². The number of hydrogen-bond donors (Lipinski definition) is 8. The number of ether oxygens (including phenoxy) is 5. The monoisotopic (exact) mass is 504 g/mol. The summed E-state index contributed by atoms with van der Waals surface area (Å²) in [5, 5.41) is 79.5. The molecule has 13 nitrogen and oxygen atoms in total. The first-order chi connectivity index (χ1) is 16.7. The molecule has 3 rings (SSSR count). The molecule has 0 spiro atoms. The summed E-state index contributed by atoms with van der Waals surface area (Å²) in [7, 11) is 1.35. The minimum Gasteiger partial charge on any atom is -0.493 e. The Morgan fingerprint density at radius 2 is 1.20 bits per heavy atom. The van der Waals surface area contributed by atoms with E-state index >= 15 is 0 Å². The topological polar surface area (TPSA) is 208 Å². The number of aliphatic hydroxyl groups is 8. The van der Waals surface area contributed by atoms with Crippen molar-refractivity contribution in [1.29, 1.82) is 0 Å². The van der Waals surface area contributed by atoms with Gasteiger partial charge in [0.1, 0.15) is 54.6 Å². The van der Waals surface area contributed by atoms with Crippen LogP contribution in [0.1, 0.15) is 12.5 Å². The van der Waals surface area contributed by atoms with E-state index in [1.54, 1.807) is 19.1 Å². The van der Waals surface area contributed by atoms with Crippen LogP contribution in [0.5, 0.6) is 17.2 Å². The van der Waals surface area contributed by atoms with E-state index in [2.05, 4.69) is 0 Å². The number of aliphatic hydroxyl groups excluding tert-OH is 8. The standard InChI is InChI=1S/C22H32O13/c1-3-4-9-5-11(31-2)12(33-22-20(30)18(28)16(26)14(8-24)35-22)6-10(9)32-21-19(29)17(27)15(25)13(7-23)34-21/h3-6,13-30H,7-8H2,1-2H3/b4-3+/t13-,14-,15-,16-,17+,18+,19-,20-,21-,22-/m1/s1. The van der Waals surface area contributed by atoms with Gasteiger partial charge in [0.25, 0.3) is 0 Å². The van der Waals surface area contributed by atoms with E-state index in [9.17, 15) is 40.9 Å². The predicted octanol–water partition coefficient (Wildman–Crippen LogP) is -2.91. The van der Waals surface area contributed by atoms with E-state index in [0.29, 0.717) is 5.56 Å². The van der Waals surface area contributed by atoms with Crippen LogP contribution in [-0.2, 0) is 9.47 Å². The van der Waals surface area contributed by atoms with Crippen LogP contribution in [0.4, 0.5) is 0 Å². The molecule has 2 fully saturated rings. The summed E-state index contributed by atoms with van der Waals surface area (Å²) >= 11 is 0.